The van der Waals surface area contributed by atoms with Crippen molar-refractivity contribution >= 4 is 11.5 Å². The van der Waals surface area contributed by atoms with Crippen LogP contribution in [-0.2, 0) is 0 Å². The maximum absolute atomic E-state index is 4.57. The van der Waals surface area contributed by atoms with E-state index in [9.17, 15) is 0 Å². The average Bonchev–Trinajstić information content (AvgIpc) is 2.99. The first-order chi connectivity index (χ1) is 10.2. The van der Waals surface area contributed by atoms with Crippen molar-refractivity contribution in [3.05, 3.63) is 54.2 Å². The standard InChI is InChI=1S/C18H23N3/c1-14(2)21-12-6-9-17(21)15-10-11-18(19-13-15)20-16-7-4-3-5-8-16/h3-5,7-8,10-11,13-14,17H,6,9,12H2,1-2H3,(H,19,20)/t17-/m1/s1. The molecular formula is C18H23N3. The van der Waals surface area contributed by atoms with Crippen molar-refractivity contribution in [2.75, 3.05) is 11.9 Å². The molecule has 3 nitrogen and oxygen atoms in total. The Balaban J connectivity index is 1.72. The Morgan fingerprint density at radius 2 is 1.95 bits per heavy atom. The Bertz CT molecular complexity index is 563. The second-order valence-electron chi connectivity index (χ2n) is 5.96. The summed E-state index contributed by atoms with van der Waals surface area (Å²) in [7, 11) is 0. The highest BCUT2D eigenvalue weighted by Crippen LogP contribution is 2.33. The van der Waals surface area contributed by atoms with Crippen molar-refractivity contribution in [2.24, 2.45) is 0 Å². The van der Waals surface area contributed by atoms with Crippen LogP contribution in [0.4, 0.5) is 11.5 Å². The van der Waals surface area contributed by atoms with Gasteiger partial charge in [-0.3, -0.25) is 4.90 Å². The first-order valence-corrected chi connectivity index (χ1v) is 7.78. The van der Waals surface area contributed by atoms with E-state index in [1.54, 1.807) is 0 Å². The first-order valence-electron chi connectivity index (χ1n) is 7.78. The average molecular weight is 281 g/mol. The van der Waals surface area contributed by atoms with Crippen LogP contribution in [-0.4, -0.2) is 22.5 Å². The summed E-state index contributed by atoms with van der Waals surface area (Å²) >= 11 is 0. The van der Waals surface area contributed by atoms with Crippen molar-refractivity contribution < 1.29 is 0 Å². The van der Waals surface area contributed by atoms with Gasteiger partial charge in [0.25, 0.3) is 0 Å². The molecule has 2 heterocycles. The lowest BCUT2D eigenvalue weighted by atomic mass is 10.1. The lowest BCUT2D eigenvalue weighted by molar-refractivity contribution is 0.205. The van der Waals surface area contributed by atoms with Gasteiger partial charge in [-0.15, -0.1) is 0 Å². The van der Waals surface area contributed by atoms with Crippen LogP contribution in [0, 0.1) is 0 Å². The summed E-state index contributed by atoms with van der Waals surface area (Å²) in [6, 6.07) is 15.6. The van der Waals surface area contributed by atoms with Crippen LogP contribution in [0.3, 0.4) is 0 Å². The van der Waals surface area contributed by atoms with Crippen molar-refractivity contribution in [2.45, 2.75) is 38.8 Å². The quantitative estimate of drug-likeness (QED) is 0.902. The van der Waals surface area contributed by atoms with E-state index in [1.165, 1.54) is 24.9 Å². The number of aromatic nitrogens is 1. The molecule has 1 aromatic heterocycles. The summed E-state index contributed by atoms with van der Waals surface area (Å²) in [6.45, 7) is 5.75. The van der Waals surface area contributed by atoms with Gasteiger partial charge in [0.15, 0.2) is 0 Å². The normalized spacial score (nSPS) is 19.1. The molecule has 3 heteroatoms. The number of para-hydroxylation sites is 1. The molecule has 21 heavy (non-hydrogen) atoms. The van der Waals surface area contributed by atoms with E-state index in [2.05, 4.69) is 41.2 Å². The Kier molecular flexibility index (Phi) is 4.20. The van der Waals surface area contributed by atoms with Gasteiger partial charge in [-0.25, -0.2) is 4.98 Å². The minimum atomic E-state index is 0.531. The van der Waals surface area contributed by atoms with E-state index < -0.39 is 0 Å². The molecule has 1 aliphatic rings. The fourth-order valence-electron chi connectivity index (χ4n) is 3.11. The third kappa shape index (κ3) is 3.24. The summed E-state index contributed by atoms with van der Waals surface area (Å²) in [6.07, 6.45) is 4.55. The maximum atomic E-state index is 4.57. The van der Waals surface area contributed by atoms with Gasteiger partial charge in [0, 0.05) is 24.0 Å². The zero-order chi connectivity index (χ0) is 14.7. The Morgan fingerprint density at radius 1 is 1.14 bits per heavy atom. The zero-order valence-corrected chi connectivity index (χ0v) is 12.8. The maximum Gasteiger partial charge on any atom is 0.130 e. The summed E-state index contributed by atoms with van der Waals surface area (Å²) in [5.41, 5.74) is 2.40. The number of hydrogen-bond acceptors (Lipinski definition) is 3. The fourth-order valence-corrected chi connectivity index (χ4v) is 3.11. The van der Waals surface area contributed by atoms with Crippen molar-refractivity contribution in [3.8, 4) is 0 Å². The highest BCUT2D eigenvalue weighted by Gasteiger charge is 2.27. The molecule has 110 valence electrons. The molecule has 0 bridgehead atoms. The summed E-state index contributed by atoms with van der Waals surface area (Å²) in [5.74, 6) is 0.902. The lowest BCUT2D eigenvalue weighted by Crippen LogP contribution is -2.30. The number of benzene rings is 1. The SMILES string of the molecule is CC(C)N1CCC[C@@H]1c1ccc(Nc2ccccc2)nc1. The van der Waals surface area contributed by atoms with Gasteiger partial charge in [0.2, 0.25) is 0 Å². The molecule has 1 fully saturated rings. The van der Waals surface area contributed by atoms with Gasteiger partial charge in [0.05, 0.1) is 0 Å². The molecule has 0 saturated carbocycles. The first kappa shape index (κ1) is 14.1. The number of rotatable bonds is 4. The van der Waals surface area contributed by atoms with Gasteiger partial charge in [-0.05, 0) is 57.0 Å². The number of hydrogen-bond donors (Lipinski definition) is 1. The predicted octanol–water partition coefficient (Wildman–Crippen LogP) is 4.37. The summed E-state index contributed by atoms with van der Waals surface area (Å²) in [5, 5.41) is 3.33. The highest BCUT2D eigenvalue weighted by molar-refractivity contribution is 5.55. The number of pyridine rings is 1. The molecular weight excluding hydrogens is 258 g/mol. The van der Waals surface area contributed by atoms with Crippen molar-refractivity contribution in [1.82, 2.24) is 9.88 Å². The molecule has 0 unspecified atom stereocenters. The van der Waals surface area contributed by atoms with Crippen molar-refractivity contribution in [3.63, 3.8) is 0 Å². The van der Waals surface area contributed by atoms with Gasteiger partial charge in [-0.2, -0.15) is 0 Å². The monoisotopic (exact) mass is 281 g/mol. The van der Waals surface area contributed by atoms with Crippen LogP contribution in [0.1, 0.15) is 38.3 Å². The summed E-state index contributed by atoms with van der Waals surface area (Å²) in [4.78, 5) is 7.15. The molecule has 0 amide bonds. The molecule has 0 radical (unpaired) electrons. The smallest absolute Gasteiger partial charge is 0.130 e. The Labute approximate surface area is 127 Å². The number of anilines is 2. The third-order valence-corrected chi connectivity index (χ3v) is 4.17. The molecule has 0 spiro atoms. The van der Waals surface area contributed by atoms with Crippen LogP contribution < -0.4 is 5.32 Å². The molecule has 1 N–H and O–H groups in total. The number of nitrogens with one attached hydrogen (secondary N) is 1. The second-order valence-corrected chi connectivity index (χ2v) is 5.96. The zero-order valence-electron chi connectivity index (χ0n) is 12.8. The molecule has 0 aliphatic carbocycles. The number of likely N-dealkylation sites (tertiary alicyclic amines) is 1. The third-order valence-electron chi connectivity index (χ3n) is 4.17. The van der Waals surface area contributed by atoms with Gasteiger partial charge in [0.1, 0.15) is 5.82 Å². The highest BCUT2D eigenvalue weighted by atomic mass is 15.2. The summed E-state index contributed by atoms with van der Waals surface area (Å²) < 4.78 is 0. The Hall–Kier alpha value is -1.87. The molecule has 1 aliphatic heterocycles. The van der Waals surface area contributed by atoms with Crippen LogP contribution >= 0.6 is 0 Å². The van der Waals surface area contributed by atoms with E-state index in [0.717, 1.165) is 11.5 Å². The molecule has 1 aromatic carbocycles. The van der Waals surface area contributed by atoms with E-state index in [-0.39, 0.29) is 0 Å². The van der Waals surface area contributed by atoms with Gasteiger partial charge >= 0.3 is 0 Å². The fraction of sp³-hybridized carbons (Fsp3) is 0.389. The lowest BCUT2D eigenvalue weighted by Gasteiger charge is -2.28. The van der Waals surface area contributed by atoms with Crippen LogP contribution in [0.2, 0.25) is 0 Å². The van der Waals surface area contributed by atoms with Crippen LogP contribution in [0.5, 0.6) is 0 Å². The molecule has 3 rings (SSSR count). The van der Waals surface area contributed by atoms with Gasteiger partial charge < -0.3 is 5.32 Å². The van der Waals surface area contributed by atoms with Gasteiger partial charge in [-0.1, -0.05) is 24.3 Å². The minimum Gasteiger partial charge on any atom is -0.340 e. The van der Waals surface area contributed by atoms with E-state index >= 15 is 0 Å². The van der Waals surface area contributed by atoms with E-state index in [1.807, 2.05) is 36.5 Å². The van der Waals surface area contributed by atoms with Crippen LogP contribution in [0.15, 0.2) is 48.7 Å². The number of nitrogens with zero attached hydrogens (tertiary/aromatic N) is 2. The van der Waals surface area contributed by atoms with E-state index in [0.29, 0.717) is 12.1 Å². The topological polar surface area (TPSA) is 28.2 Å². The molecule has 2 aromatic rings. The predicted molar refractivity (Wildman–Crippen MR) is 87.8 cm³/mol. The minimum absolute atomic E-state index is 0.531. The van der Waals surface area contributed by atoms with Crippen LogP contribution in [0.25, 0.3) is 0 Å². The Morgan fingerprint density at radius 3 is 2.62 bits per heavy atom. The van der Waals surface area contributed by atoms with E-state index in [4.69, 9.17) is 0 Å². The largest absolute Gasteiger partial charge is 0.340 e. The van der Waals surface area contributed by atoms with Crippen molar-refractivity contribution in [1.29, 1.82) is 0 Å². The molecule has 1 saturated heterocycles. The second kappa shape index (κ2) is 6.27. The molecule has 1 atom stereocenters.